The predicted octanol–water partition coefficient (Wildman–Crippen LogP) is 5.82. The number of benzene rings is 2. The molecular formula is C31H34ClFN6O3. The van der Waals surface area contributed by atoms with Crippen LogP contribution in [0.15, 0.2) is 42.6 Å². The van der Waals surface area contributed by atoms with Crippen LogP contribution in [0.3, 0.4) is 0 Å². The van der Waals surface area contributed by atoms with Crippen molar-refractivity contribution in [3.8, 4) is 17.3 Å². The number of pyridine rings is 1. The average Bonchev–Trinajstić information content (AvgIpc) is 3.22. The summed E-state index contributed by atoms with van der Waals surface area (Å²) in [6.07, 6.45) is 3.03. The summed E-state index contributed by atoms with van der Waals surface area (Å²) < 4.78 is 28.0. The first-order chi connectivity index (χ1) is 20.1. The maximum Gasteiger partial charge on any atom is 0.410 e. The van der Waals surface area contributed by atoms with Crippen LogP contribution in [0.5, 0.6) is 6.01 Å². The summed E-state index contributed by atoms with van der Waals surface area (Å²) >= 11 is 6.56. The first kappa shape index (κ1) is 28.4. The first-order valence-corrected chi connectivity index (χ1v) is 14.6. The third-order valence-electron chi connectivity index (χ3n) is 7.72. The zero-order chi connectivity index (χ0) is 29.6. The van der Waals surface area contributed by atoms with E-state index in [9.17, 15) is 4.79 Å². The largest absolute Gasteiger partial charge is 0.462 e. The number of carbonyl (C=O) groups is 1. The zero-order valence-electron chi connectivity index (χ0n) is 24.2. The molecule has 0 spiro atoms. The molecule has 0 radical (unpaired) electrons. The van der Waals surface area contributed by atoms with Crippen molar-refractivity contribution < 1.29 is 18.7 Å². The molecule has 1 N–H and O–H groups in total. The van der Waals surface area contributed by atoms with Crippen molar-refractivity contribution in [2.24, 2.45) is 0 Å². The van der Waals surface area contributed by atoms with E-state index in [0.29, 0.717) is 48.0 Å². The van der Waals surface area contributed by atoms with Crippen molar-refractivity contribution in [3.05, 3.63) is 53.4 Å². The zero-order valence-corrected chi connectivity index (χ0v) is 24.9. The molecule has 6 rings (SSSR count). The average molecular weight is 593 g/mol. The van der Waals surface area contributed by atoms with Crippen LogP contribution in [0, 0.1) is 5.82 Å². The molecule has 2 aromatic carbocycles. The van der Waals surface area contributed by atoms with Gasteiger partial charge in [-0.2, -0.15) is 9.97 Å². The van der Waals surface area contributed by atoms with Gasteiger partial charge in [-0.3, -0.25) is 9.88 Å². The Morgan fingerprint density at radius 1 is 1.12 bits per heavy atom. The quantitative estimate of drug-likeness (QED) is 0.280. The highest BCUT2D eigenvalue weighted by Gasteiger charge is 2.45. The molecule has 11 heteroatoms. The molecule has 220 valence electrons. The van der Waals surface area contributed by atoms with Crippen LogP contribution in [0.1, 0.15) is 33.6 Å². The predicted molar refractivity (Wildman–Crippen MR) is 162 cm³/mol. The topological polar surface area (TPSA) is 92.7 Å². The lowest BCUT2D eigenvalue weighted by Gasteiger charge is -2.42. The molecule has 2 aliphatic rings. The standard InChI is InChI=1S/C31H34ClFN6O3/c1-31(2,3)42-30(40)39-19-11-12-20(39)17-38(16-19)28-22-15-35-26(21-9-5-7-18-8-6-10-23(32)24(18)21)25(33)27(22)36-29(37-28)41-14-13-34-4/h5-10,15,19-20,34H,11-14,16-17H2,1-4H3. The summed E-state index contributed by atoms with van der Waals surface area (Å²) in [5.74, 6) is -0.0357. The van der Waals surface area contributed by atoms with Crippen molar-refractivity contribution in [2.45, 2.75) is 51.3 Å². The molecule has 2 aliphatic heterocycles. The van der Waals surface area contributed by atoms with Crippen LogP contribution >= 0.6 is 11.6 Å². The van der Waals surface area contributed by atoms with Crippen LogP contribution < -0.4 is 15.0 Å². The molecule has 0 aliphatic carbocycles. The van der Waals surface area contributed by atoms with Crippen molar-refractivity contribution in [2.75, 3.05) is 38.2 Å². The number of piperazine rings is 1. The van der Waals surface area contributed by atoms with Crippen LogP contribution in [0.25, 0.3) is 32.9 Å². The summed E-state index contributed by atoms with van der Waals surface area (Å²) in [4.78, 5) is 30.8. The van der Waals surface area contributed by atoms with Gasteiger partial charge in [-0.15, -0.1) is 0 Å². The third-order valence-corrected chi connectivity index (χ3v) is 8.04. The molecule has 0 saturated carbocycles. The molecule has 4 aromatic rings. The van der Waals surface area contributed by atoms with Crippen LogP contribution in [0.4, 0.5) is 15.0 Å². The molecule has 9 nitrogen and oxygen atoms in total. The van der Waals surface area contributed by atoms with E-state index in [0.717, 1.165) is 23.6 Å². The van der Waals surface area contributed by atoms with Gasteiger partial charge in [0.25, 0.3) is 0 Å². The SMILES string of the molecule is CNCCOc1nc(N2CC3CCC(C2)N3C(=O)OC(C)(C)C)c2cnc(-c3cccc4cccc(Cl)c34)c(F)c2n1. The summed E-state index contributed by atoms with van der Waals surface area (Å²) in [5, 5.41) is 5.64. The summed E-state index contributed by atoms with van der Waals surface area (Å²) in [5.41, 5.74) is 0.280. The smallest absolute Gasteiger partial charge is 0.410 e. The van der Waals surface area contributed by atoms with Gasteiger partial charge < -0.3 is 19.7 Å². The fourth-order valence-electron chi connectivity index (χ4n) is 5.94. The summed E-state index contributed by atoms with van der Waals surface area (Å²) in [6, 6.07) is 11.2. The fraction of sp³-hybridized carbons (Fsp3) is 0.419. The molecule has 1 amide bonds. The Labute approximate surface area is 249 Å². The van der Waals surface area contributed by atoms with Crippen LogP contribution in [-0.2, 0) is 4.74 Å². The normalized spacial score (nSPS) is 18.6. The van der Waals surface area contributed by atoms with Crippen LogP contribution in [-0.4, -0.2) is 76.9 Å². The second kappa shape index (κ2) is 11.1. The van der Waals surface area contributed by atoms with E-state index < -0.39 is 11.4 Å². The number of hydrogen-bond acceptors (Lipinski definition) is 8. The van der Waals surface area contributed by atoms with Crippen molar-refractivity contribution in [1.82, 2.24) is 25.2 Å². The van der Waals surface area contributed by atoms with Crippen molar-refractivity contribution in [1.29, 1.82) is 0 Å². The van der Waals surface area contributed by atoms with E-state index in [1.54, 1.807) is 12.3 Å². The fourth-order valence-corrected chi connectivity index (χ4v) is 6.22. The van der Waals surface area contributed by atoms with Gasteiger partial charge >= 0.3 is 12.1 Å². The van der Waals surface area contributed by atoms with Gasteiger partial charge in [-0.25, -0.2) is 9.18 Å². The Kier molecular flexibility index (Phi) is 7.53. The summed E-state index contributed by atoms with van der Waals surface area (Å²) in [6.45, 7) is 7.56. The number of nitrogens with zero attached hydrogens (tertiary/aromatic N) is 5. The number of anilines is 1. The highest BCUT2D eigenvalue weighted by molar-refractivity contribution is 6.36. The Balaban J connectivity index is 1.42. The molecule has 4 heterocycles. The minimum atomic E-state index is -0.578. The van der Waals surface area contributed by atoms with Gasteiger partial charge in [0.15, 0.2) is 5.82 Å². The molecule has 2 aromatic heterocycles. The summed E-state index contributed by atoms with van der Waals surface area (Å²) in [7, 11) is 1.82. The van der Waals surface area contributed by atoms with Crippen molar-refractivity contribution in [3.63, 3.8) is 0 Å². The van der Waals surface area contributed by atoms with Gasteiger partial charge in [-0.1, -0.05) is 41.9 Å². The number of carbonyl (C=O) groups excluding carboxylic acids is 1. The van der Waals surface area contributed by atoms with E-state index in [2.05, 4.69) is 20.2 Å². The van der Waals surface area contributed by atoms with E-state index in [1.165, 1.54) is 0 Å². The van der Waals surface area contributed by atoms with Gasteiger partial charge in [-0.05, 0) is 52.1 Å². The minimum Gasteiger partial charge on any atom is -0.462 e. The Morgan fingerprint density at radius 2 is 1.83 bits per heavy atom. The van der Waals surface area contributed by atoms with Gasteiger partial charge in [0.05, 0.1) is 17.5 Å². The Morgan fingerprint density at radius 3 is 2.52 bits per heavy atom. The number of halogens is 2. The van der Waals surface area contributed by atoms with E-state index in [4.69, 9.17) is 26.1 Å². The molecule has 2 atom stereocenters. The lowest BCUT2D eigenvalue weighted by atomic mass is 10.0. The maximum atomic E-state index is 16.5. The number of rotatable bonds is 6. The van der Waals surface area contributed by atoms with E-state index >= 15 is 4.39 Å². The molecule has 2 unspecified atom stereocenters. The van der Waals surface area contributed by atoms with E-state index in [-0.39, 0.29) is 35.4 Å². The Bertz CT molecular complexity index is 1640. The van der Waals surface area contributed by atoms with Crippen LogP contribution in [0.2, 0.25) is 5.02 Å². The number of ether oxygens (including phenoxy) is 2. The molecule has 2 bridgehead atoms. The second-order valence-corrected chi connectivity index (χ2v) is 12.2. The number of fused-ring (bicyclic) bond motifs is 4. The number of hydrogen-bond donors (Lipinski definition) is 1. The number of aromatic nitrogens is 3. The lowest BCUT2D eigenvalue weighted by molar-refractivity contribution is 0.0123. The first-order valence-electron chi connectivity index (χ1n) is 14.2. The maximum absolute atomic E-state index is 16.5. The van der Waals surface area contributed by atoms with Gasteiger partial charge in [0.1, 0.15) is 29.2 Å². The van der Waals surface area contributed by atoms with Gasteiger partial charge in [0, 0.05) is 41.8 Å². The molecular weight excluding hydrogens is 559 g/mol. The van der Waals surface area contributed by atoms with Gasteiger partial charge in [0.2, 0.25) is 0 Å². The molecule has 42 heavy (non-hydrogen) atoms. The number of nitrogens with one attached hydrogen (secondary N) is 1. The second-order valence-electron chi connectivity index (χ2n) is 11.8. The lowest BCUT2D eigenvalue weighted by Crippen LogP contribution is -2.57. The van der Waals surface area contributed by atoms with E-state index in [1.807, 2.05) is 63.1 Å². The molecule has 2 fully saturated rings. The highest BCUT2D eigenvalue weighted by Crippen LogP contribution is 2.39. The molecule has 2 saturated heterocycles. The third kappa shape index (κ3) is 5.29. The monoisotopic (exact) mass is 592 g/mol. The Hall–Kier alpha value is -3.76. The van der Waals surface area contributed by atoms with Crippen molar-refractivity contribution >= 4 is 45.2 Å². The highest BCUT2D eigenvalue weighted by atomic mass is 35.5. The number of amides is 1. The number of likely N-dealkylation sites (N-methyl/N-ethyl adjacent to an activating group) is 1. The minimum absolute atomic E-state index is 0.0489.